The van der Waals surface area contributed by atoms with E-state index in [2.05, 4.69) is 10.6 Å². The number of nitrogens with one attached hydrogen (secondary N) is 2. The third-order valence-electron chi connectivity index (χ3n) is 4.56. The molecule has 0 radical (unpaired) electrons. The van der Waals surface area contributed by atoms with Gasteiger partial charge in [0.25, 0.3) is 0 Å². The van der Waals surface area contributed by atoms with Crippen LogP contribution in [-0.4, -0.2) is 55.8 Å². The third kappa shape index (κ3) is 11.3. The molecule has 0 aliphatic rings. The van der Waals surface area contributed by atoms with Crippen LogP contribution < -0.4 is 20.1 Å². The Morgan fingerprint density at radius 1 is 1.00 bits per heavy atom. The monoisotopic (exact) mass is 540 g/mol. The van der Waals surface area contributed by atoms with Crippen LogP contribution in [0.25, 0.3) is 5.41 Å². The fourth-order valence-electron chi connectivity index (χ4n) is 3.07. The van der Waals surface area contributed by atoms with Crippen molar-refractivity contribution in [1.82, 2.24) is 10.6 Å². The largest absolute Gasteiger partial charge is 0.488 e. The molecule has 210 valence electrons. The highest BCUT2D eigenvalue weighted by Gasteiger charge is 2.15. The van der Waals surface area contributed by atoms with Crippen LogP contribution in [0.2, 0.25) is 0 Å². The molecule has 2 rings (SSSR count). The highest BCUT2D eigenvalue weighted by molar-refractivity contribution is 6.11. The van der Waals surface area contributed by atoms with E-state index >= 15 is 0 Å². The molecule has 0 unspecified atom stereocenters. The molecular formula is C28H34N3O8-. The molecule has 39 heavy (non-hydrogen) atoms. The molecule has 0 saturated heterocycles. The second-order valence-electron chi connectivity index (χ2n) is 9.24. The van der Waals surface area contributed by atoms with Gasteiger partial charge in [-0.3, -0.25) is 10.1 Å². The number of carbonyl (C=O) groups is 3. The van der Waals surface area contributed by atoms with E-state index in [9.17, 15) is 19.8 Å². The van der Waals surface area contributed by atoms with Gasteiger partial charge in [0, 0.05) is 24.9 Å². The number of ether oxygens (including phenoxy) is 5. The summed E-state index contributed by atoms with van der Waals surface area (Å²) in [4.78, 5) is 36.5. The predicted octanol–water partition coefficient (Wildman–Crippen LogP) is 4.81. The maximum atomic E-state index is 12.9. The molecule has 0 heterocycles. The van der Waals surface area contributed by atoms with Crippen molar-refractivity contribution in [3.63, 3.8) is 0 Å². The summed E-state index contributed by atoms with van der Waals surface area (Å²) in [6.45, 7) is 9.23. The predicted molar refractivity (Wildman–Crippen MR) is 145 cm³/mol. The highest BCUT2D eigenvalue weighted by Crippen LogP contribution is 2.28. The minimum absolute atomic E-state index is 0.121. The molecule has 0 spiro atoms. The van der Waals surface area contributed by atoms with Crippen molar-refractivity contribution in [2.75, 3.05) is 20.3 Å². The van der Waals surface area contributed by atoms with Crippen LogP contribution >= 0.6 is 0 Å². The van der Waals surface area contributed by atoms with E-state index in [-0.39, 0.29) is 24.0 Å². The number of alkyl carbamates (subject to hydrolysis) is 1. The lowest BCUT2D eigenvalue weighted by Crippen LogP contribution is -2.31. The number of benzene rings is 2. The first-order chi connectivity index (χ1) is 18.4. The Bertz CT molecular complexity index is 1190. The molecule has 11 heteroatoms. The molecule has 0 aromatic heterocycles. The summed E-state index contributed by atoms with van der Waals surface area (Å²) in [6, 6.07) is 10.8. The van der Waals surface area contributed by atoms with Crippen molar-refractivity contribution in [2.24, 2.45) is 0 Å². The van der Waals surface area contributed by atoms with Gasteiger partial charge in [-0.15, -0.1) is 0 Å². The van der Waals surface area contributed by atoms with Crippen molar-refractivity contribution in [1.29, 1.82) is 0 Å². The summed E-state index contributed by atoms with van der Waals surface area (Å²) in [7, 11) is 1.54. The number of methoxy groups -OCH3 is 1. The first kappa shape index (κ1) is 30.8. The maximum absolute atomic E-state index is 12.9. The standard InChI is InChI=1S/C28H34N3O8/c1-7-36-26(33)19-8-10-21(11-9-19)38-23-15-20(14-22(16-23)37-18(2)17-35-6)25(32)31-24(29)12-13-30-27(34)39-28(3,4)5/h8-16,18H,7,17H2,1-6H3,(H2-,29,30,31,32,34)/q-1/t18-/m0/s1. The molecule has 11 nitrogen and oxygen atoms in total. The number of amidine groups is 1. The zero-order valence-electron chi connectivity index (χ0n) is 22.9. The highest BCUT2D eigenvalue weighted by atomic mass is 16.6. The van der Waals surface area contributed by atoms with Gasteiger partial charge in [0.1, 0.15) is 29.0 Å². The van der Waals surface area contributed by atoms with Crippen LogP contribution in [0.15, 0.2) is 54.7 Å². The van der Waals surface area contributed by atoms with Crippen LogP contribution in [0.4, 0.5) is 4.79 Å². The van der Waals surface area contributed by atoms with Crippen LogP contribution in [0.1, 0.15) is 55.3 Å². The van der Waals surface area contributed by atoms with Gasteiger partial charge in [-0.25, -0.2) is 9.59 Å². The van der Waals surface area contributed by atoms with E-state index in [1.165, 1.54) is 12.1 Å². The van der Waals surface area contributed by atoms with Crippen molar-refractivity contribution in [3.05, 3.63) is 71.3 Å². The van der Waals surface area contributed by atoms with Crippen molar-refractivity contribution in [2.45, 2.75) is 46.3 Å². The third-order valence-corrected chi connectivity index (χ3v) is 4.56. The van der Waals surface area contributed by atoms with E-state index in [0.29, 0.717) is 23.7 Å². The topological polar surface area (TPSA) is 144 Å². The van der Waals surface area contributed by atoms with Gasteiger partial charge in [-0.05, 0) is 77.1 Å². The summed E-state index contributed by atoms with van der Waals surface area (Å²) in [5, 5.41) is 14.8. The molecule has 2 aromatic carbocycles. The average Bonchev–Trinajstić information content (AvgIpc) is 2.83. The summed E-state index contributed by atoms with van der Waals surface area (Å²) >= 11 is 0. The lowest BCUT2D eigenvalue weighted by atomic mass is 10.1. The summed E-state index contributed by atoms with van der Waals surface area (Å²) in [5.41, 5.74) is -0.195. The Balaban J connectivity index is 2.18. The molecule has 1 atom stereocenters. The number of rotatable bonds is 11. The molecular weight excluding hydrogens is 506 g/mol. The van der Waals surface area contributed by atoms with Crippen LogP contribution in [0, 0.1) is 0 Å². The Kier molecular flexibility index (Phi) is 11.5. The Morgan fingerprint density at radius 3 is 2.28 bits per heavy atom. The Morgan fingerprint density at radius 2 is 1.67 bits per heavy atom. The van der Waals surface area contributed by atoms with E-state index in [4.69, 9.17) is 23.7 Å². The number of nitrogens with zero attached hydrogens (tertiary/aromatic N) is 1. The molecule has 0 aliphatic carbocycles. The second-order valence-corrected chi connectivity index (χ2v) is 9.24. The van der Waals surface area contributed by atoms with Gasteiger partial charge in [0.05, 0.1) is 18.8 Å². The van der Waals surface area contributed by atoms with Gasteiger partial charge >= 0.3 is 12.1 Å². The van der Waals surface area contributed by atoms with E-state index in [1.54, 1.807) is 72.1 Å². The minimum atomic E-state index is -0.718. The maximum Gasteiger partial charge on any atom is 0.411 e. The van der Waals surface area contributed by atoms with Gasteiger partial charge in [-0.1, -0.05) is 5.84 Å². The van der Waals surface area contributed by atoms with Gasteiger partial charge in [0.15, 0.2) is 5.91 Å². The van der Waals surface area contributed by atoms with Crippen molar-refractivity contribution in [3.8, 4) is 17.2 Å². The van der Waals surface area contributed by atoms with E-state index in [0.717, 1.165) is 12.3 Å². The first-order valence-electron chi connectivity index (χ1n) is 12.2. The minimum Gasteiger partial charge on any atom is -0.488 e. The fourth-order valence-corrected chi connectivity index (χ4v) is 3.07. The lowest BCUT2D eigenvalue weighted by molar-refractivity contribution is 0.0522. The smallest absolute Gasteiger partial charge is 0.411 e. The molecule has 2 N–H and O–H groups in total. The normalized spacial score (nSPS) is 11.8. The van der Waals surface area contributed by atoms with E-state index < -0.39 is 29.4 Å². The molecule has 2 amide bonds. The van der Waals surface area contributed by atoms with Gasteiger partial charge in [-0.2, -0.15) is 0 Å². The summed E-state index contributed by atoms with van der Waals surface area (Å²) < 4.78 is 26.9. The van der Waals surface area contributed by atoms with Crippen molar-refractivity contribution < 1.29 is 38.1 Å². The molecule has 0 aliphatic heterocycles. The summed E-state index contributed by atoms with van der Waals surface area (Å²) in [5.74, 6) is -0.632. The van der Waals surface area contributed by atoms with Crippen LogP contribution in [0.3, 0.4) is 0 Å². The van der Waals surface area contributed by atoms with Crippen LogP contribution in [0.5, 0.6) is 17.2 Å². The summed E-state index contributed by atoms with van der Waals surface area (Å²) in [6.07, 6.45) is 1.17. The first-order valence-corrected chi connectivity index (χ1v) is 12.2. The Hall–Kier alpha value is -4.38. The number of hydrogen-bond donors (Lipinski definition) is 2. The molecule has 0 fully saturated rings. The Labute approximate surface area is 227 Å². The average molecular weight is 541 g/mol. The fraction of sp³-hybridized carbons (Fsp3) is 0.357. The van der Waals surface area contributed by atoms with Gasteiger partial charge < -0.3 is 34.4 Å². The molecule has 0 saturated carbocycles. The van der Waals surface area contributed by atoms with Gasteiger partial charge in [0.2, 0.25) is 0 Å². The zero-order chi connectivity index (χ0) is 29.0. The number of hydrogen-bond acceptors (Lipinski definition) is 8. The molecule has 2 aromatic rings. The number of amides is 2. The lowest BCUT2D eigenvalue weighted by Gasteiger charge is -2.19. The van der Waals surface area contributed by atoms with Crippen LogP contribution in [-0.2, 0) is 14.2 Å². The zero-order valence-corrected chi connectivity index (χ0v) is 22.9. The van der Waals surface area contributed by atoms with E-state index in [1.807, 2.05) is 0 Å². The number of carbonyl (C=O) groups excluding carboxylic acids is 3. The van der Waals surface area contributed by atoms with Crippen molar-refractivity contribution >= 4 is 23.8 Å². The molecule has 0 bridgehead atoms. The number of esters is 1. The SMILES string of the molecule is CCOC(=O)c1ccc(Oc2cc(O[C@@H](C)COC)cc(C(=O)NC(=[N-])/C=C\NC(=O)OC(C)(C)C)c2)cc1. The second kappa shape index (κ2) is 14.5. The quantitative estimate of drug-likeness (QED) is 0.235.